The van der Waals surface area contributed by atoms with Gasteiger partial charge >= 0.3 is 0 Å². The van der Waals surface area contributed by atoms with Crippen LogP contribution in [0.15, 0.2) is 16.6 Å². The Morgan fingerprint density at radius 1 is 1.57 bits per heavy atom. The Balaban J connectivity index is 0.00000169. The molecule has 1 aromatic rings. The minimum Gasteiger partial charge on any atom is -0.506 e. The van der Waals surface area contributed by atoms with E-state index in [1.54, 1.807) is 12.1 Å². The van der Waals surface area contributed by atoms with Crippen LogP contribution in [0.3, 0.4) is 0 Å². The third-order valence-corrected chi connectivity index (χ3v) is 3.29. The summed E-state index contributed by atoms with van der Waals surface area (Å²) in [6.45, 7) is 1.96. The molecule has 1 aromatic carbocycles. The zero-order chi connectivity index (χ0) is 10.0. The van der Waals surface area contributed by atoms with Crippen molar-refractivity contribution in [2.75, 3.05) is 0 Å². The van der Waals surface area contributed by atoms with Crippen LogP contribution in [0.25, 0.3) is 0 Å². The van der Waals surface area contributed by atoms with Crippen LogP contribution in [-0.2, 0) is 0 Å². The van der Waals surface area contributed by atoms with Gasteiger partial charge in [0.05, 0.1) is 9.50 Å². The lowest BCUT2D eigenvalue weighted by molar-refractivity contribution is 0.457. The van der Waals surface area contributed by atoms with E-state index < -0.39 is 0 Å². The Kier molecular flexibility index (Phi) is 5.83. The first-order valence-corrected chi connectivity index (χ1v) is 5.17. The van der Waals surface area contributed by atoms with Crippen LogP contribution in [-0.4, -0.2) is 5.11 Å². The number of rotatable bonds is 2. The molecule has 0 aliphatic rings. The maximum absolute atomic E-state index is 9.67. The Morgan fingerprint density at radius 2 is 2.14 bits per heavy atom. The van der Waals surface area contributed by atoms with E-state index in [0.29, 0.717) is 9.50 Å². The van der Waals surface area contributed by atoms with Gasteiger partial charge in [-0.25, -0.2) is 0 Å². The van der Waals surface area contributed by atoms with Crippen molar-refractivity contribution in [1.82, 2.24) is 0 Å². The molecule has 0 saturated heterocycles. The summed E-state index contributed by atoms with van der Waals surface area (Å²) in [5, 5.41) is 10.2. The summed E-state index contributed by atoms with van der Waals surface area (Å²) in [4.78, 5) is 0. The zero-order valence-electron chi connectivity index (χ0n) is 7.63. The Bertz CT molecular complexity index is 320. The van der Waals surface area contributed by atoms with Crippen LogP contribution in [0, 0.1) is 0 Å². The molecule has 14 heavy (non-hydrogen) atoms. The van der Waals surface area contributed by atoms with Gasteiger partial charge in [0.25, 0.3) is 0 Å². The summed E-state index contributed by atoms with van der Waals surface area (Å²) in [5.74, 6) is 0.141. The van der Waals surface area contributed by atoms with Gasteiger partial charge in [-0.3, -0.25) is 0 Å². The molecule has 5 heteroatoms. The van der Waals surface area contributed by atoms with E-state index >= 15 is 0 Å². The molecule has 0 bridgehead atoms. The monoisotopic (exact) mass is 299 g/mol. The van der Waals surface area contributed by atoms with Gasteiger partial charge in [-0.05, 0) is 28.4 Å². The van der Waals surface area contributed by atoms with Gasteiger partial charge in [-0.1, -0.05) is 24.6 Å². The van der Waals surface area contributed by atoms with Crippen molar-refractivity contribution in [2.45, 2.75) is 19.4 Å². The van der Waals surface area contributed by atoms with E-state index in [1.807, 2.05) is 6.92 Å². The molecule has 0 spiro atoms. The molecule has 0 amide bonds. The number of phenols is 1. The van der Waals surface area contributed by atoms with Gasteiger partial charge < -0.3 is 10.8 Å². The van der Waals surface area contributed by atoms with Crippen LogP contribution < -0.4 is 5.73 Å². The average Bonchev–Trinajstić information content (AvgIpc) is 2.13. The van der Waals surface area contributed by atoms with Gasteiger partial charge in [0.15, 0.2) is 0 Å². The molecular weight excluding hydrogens is 289 g/mol. The first-order chi connectivity index (χ1) is 6.07. The molecule has 80 valence electrons. The zero-order valence-corrected chi connectivity index (χ0v) is 10.8. The van der Waals surface area contributed by atoms with Crippen LogP contribution in [0.5, 0.6) is 5.75 Å². The van der Waals surface area contributed by atoms with Crippen molar-refractivity contribution in [3.05, 3.63) is 27.2 Å². The predicted octanol–water partition coefficient (Wildman–Crippen LogP) is 3.64. The van der Waals surface area contributed by atoms with Gasteiger partial charge in [0.1, 0.15) is 5.75 Å². The van der Waals surface area contributed by atoms with Crippen molar-refractivity contribution in [1.29, 1.82) is 0 Å². The van der Waals surface area contributed by atoms with Crippen molar-refractivity contribution in [3.8, 4) is 5.75 Å². The minimum atomic E-state index is -0.145. The normalized spacial score (nSPS) is 12.0. The van der Waals surface area contributed by atoms with E-state index in [9.17, 15) is 5.11 Å². The third-order valence-electron chi connectivity index (χ3n) is 1.94. The van der Waals surface area contributed by atoms with Crippen LogP contribution in [0.1, 0.15) is 24.9 Å². The molecule has 0 saturated carbocycles. The maximum atomic E-state index is 9.67. The quantitative estimate of drug-likeness (QED) is 0.876. The lowest BCUT2D eigenvalue weighted by atomic mass is 10.0. The first kappa shape index (κ1) is 14.0. The lowest BCUT2D eigenvalue weighted by Crippen LogP contribution is -2.08. The first-order valence-electron chi connectivity index (χ1n) is 4.00. The summed E-state index contributed by atoms with van der Waals surface area (Å²) >= 11 is 8.98. The third kappa shape index (κ3) is 2.76. The second kappa shape index (κ2) is 5.81. The van der Waals surface area contributed by atoms with Gasteiger partial charge in [-0.2, -0.15) is 0 Å². The van der Waals surface area contributed by atoms with E-state index in [4.69, 9.17) is 17.3 Å². The number of hydrogen-bond acceptors (Lipinski definition) is 2. The average molecular weight is 301 g/mol. The van der Waals surface area contributed by atoms with Crippen molar-refractivity contribution in [2.24, 2.45) is 5.73 Å². The predicted molar refractivity (Wildman–Crippen MR) is 65.3 cm³/mol. The molecule has 0 unspecified atom stereocenters. The largest absolute Gasteiger partial charge is 0.506 e. The number of phenolic OH excluding ortho intramolecular Hbond substituents is 1. The number of benzene rings is 1. The molecule has 0 aliphatic carbocycles. The summed E-state index contributed by atoms with van der Waals surface area (Å²) in [6, 6.07) is 3.32. The number of halogens is 3. The fourth-order valence-electron chi connectivity index (χ4n) is 1.07. The van der Waals surface area contributed by atoms with E-state index in [1.165, 1.54) is 0 Å². The van der Waals surface area contributed by atoms with Crippen LogP contribution in [0.2, 0.25) is 5.02 Å². The summed E-state index contributed by atoms with van der Waals surface area (Å²) < 4.78 is 0.510. The molecular formula is C9H12BrCl2NO. The SMILES string of the molecule is CC[C@@H](N)c1ccc(Cl)c(Br)c1O.Cl. The fraction of sp³-hybridized carbons (Fsp3) is 0.333. The molecule has 1 rings (SSSR count). The Labute approximate surface area is 103 Å². The minimum absolute atomic E-state index is 0. The maximum Gasteiger partial charge on any atom is 0.136 e. The molecule has 0 fully saturated rings. The molecule has 3 N–H and O–H groups in total. The summed E-state index contributed by atoms with van der Waals surface area (Å²) in [6.07, 6.45) is 0.779. The Morgan fingerprint density at radius 3 is 2.64 bits per heavy atom. The highest BCUT2D eigenvalue weighted by molar-refractivity contribution is 9.10. The van der Waals surface area contributed by atoms with E-state index in [-0.39, 0.29) is 24.2 Å². The van der Waals surface area contributed by atoms with Crippen molar-refractivity contribution >= 4 is 39.9 Å². The lowest BCUT2D eigenvalue weighted by Gasteiger charge is -2.12. The van der Waals surface area contributed by atoms with Crippen LogP contribution in [0.4, 0.5) is 0 Å². The summed E-state index contributed by atoms with van der Waals surface area (Å²) in [5.41, 5.74) is 6.51. The smallest absolute Gasteiger partial charge is 0.136 e. The van der Waals surface area contributed by atoms with Gasteiger partial charge in [0.2, 0.25) is 0 Å². The highest BCUT2D eigenvalue weighted by Gasteiger charge is 2.13. The van der Waals surface area contributed by atoms with Gasteiger partial charge in [0, 0.05) is 11.6 Å². The molecule has 0 aromatic heterocycles. The molecule has 0 radical (unpaired) electrons. The van der Waals surface area contributed by atoms with Crippen LogP contribution >= 0.6 is 39.9 Å². The molecule has 2 nitrogen and oxygen atoms in total. The van der Waals surface area contributed by atoms with Crippen molar-refractivity contribution < 1.29 is 5.11 Å². The Hall–Kier alpha value is 0.0400. The number of hydrogen-bond donors (Lipinski definition) is 2. The van der Waals surface area contributed by atoms with E-state index in [2.05, 4.69) is 15.9 Å². The molecule has 0 aliphatic heterocycles. The molecule has 0 heterocycles. The van der Waals surface area contributed by atoms with E-state index in [0.717, 1.165) is 12.0 Å². The molecule has 1 atom stereocenters. The number of nitrogens with two attached hydrogens (primary N) is 1. The highest BCUT2D eigenvalue weighted by Crippen LogP contribution is 2.37. The van der Waals surface area contributed by atoms with Crippen molar-refractivity contribution in [3.63, 3.8) is 0 Å². The topological polar surface area (TPSA) is 46.2 Å². The fourth-order valence-corrected chi connectivity index (χ4v) is 1.59. The second-order valence-electron chi connectivity index (χ2n) is 2.81. The number of aromatic hydroxyl groups is 1. The standard InChI is InChI=1S/C9H11BrClNO.ClH/c1-2-7(12)5-3-4-6(11)8(10)9(5)13;/h3-4,7,13H,2,12H2,1H3;1H/t7-;/m1./s1. The van der Waals surface area contributed by atoms with Gasteiger partial charge in [-0.15, -0.1) is 12.4 Å². The second-order valence-corrected chi connectivity index (χ2v) is 4.01. The summed E-state index contributed by atoms with van der Waals surface area (Å²) in [7, 11) is 0. The highest BCUT2D eigenvalue weighted by atomic mass is 79.9.